The molecule has 1 atom stereocenters. The van der Waals surface area contributed by atoms with Gasteiger partial charge in [-0.25, -0.2) is 0 Å². The lowest BCUT2D eigenvalue weighted by molar-refractivity contribution is -0.134. The summed E-state index contributed by atoms with van der Waals surface area (Å²) in [5.74, 6) is 0.0887. The van der Waals surface area contributed by atoms with Gasteiger partial charge in [0.2, 0.25) is 11.8 Å². The number of hydrogen-bond donors (Lipinski definition) is 2. The third kappa shape index (κ3) is 2.47. The Kier molecular flexibility index (Phi) is 3.20. The monoisotopic (exact) mass is 211 g/mol. The average Bonchev–Trinajstić information content (AvgIpc) is 2.53. The van der Waals surface area contributed by atoms with Crippen molar-refractivity contribution in [2.75, 3.05) is 26.2 Å². The number of hydrogen-bond acceptors (Lipinski definition) is 3. The Labute approximate surface area is 89.2 Å². The topological polar surface area (TPSA) is 61.4 Å². The first-order valence-corrected chi connectivity index (χ1v) is 5.56. The quantitative estimate of drug-likeness (QED) is 0.590. The summed E-state index contributed by atoms with van der Waals surface area (Å²) < 4.78 is 0. The van der Waals surface area contributed by atoms with Crippen molar-refractivity contribution in [1.29, 1.82) is 0 Å². The van der Waals surface area contributed by atoms with Gasteiger partial charge < -0.3 is 15.5 Å². The van der Waals surface area contributed by atoms with Gasteiger partial charge in [0.05, 0.1) is 0 Å². The molecule has 2 rings (SSSR count). The van der Waals surface area contributed by atoms with Gasteiger partial charge >= 0.3 is 0 Å². The maximum atomic E-state index is 12.0. The van der Waals surface area contributed by atoms with Crippen LogP contribution in [0, 0.1) is 0 Å². The maximum Gasteiger partial charge on any atom is 0.245 e. The molecule has 0 bridgehead atoms. The minimum atomic E-state index is -0.268. The van der Waals surface area contributed by atoms with Gasteiger partial charge in [-0.05, 0) is 19.4 Å². The molecule has 84 valence electrons. The predicted molar refractivity (Wildman–Crippen MR) is 55.2 cm³/mol. The van der Waals surface area contributed by atoms with Crippen molar-refractivity contribution in [2.45, 2.75) is 25.3 Å². The number of nitrogens with one attached hydrogen (secondary N) is 2. The Morgan fingerprint density at radius 1 is 1.33 bits per heavy atom. The number of nitrogens with zero attached hydrogens (tertiary/aromatic N) is 1. The molecular weight excluding hydrogens is 194 g/mol. The normalized spacial score (nSPS) is 27.3. The smallest absolute Gasteiger partial charge is 0.245 e. The number of rotatable bonds is 1. The molecule has 2 N–H and O–H groups in total. The third-order valence-electron chi connectivity index (χ3n) is 2.95. The Bertz CT molecular complexity index is 259. The molecule has 2 heterocycles. The fourth-order valence-corrected chi connectivity index (χ4v) is 2.09. The summed E-state index contributed by atoms with van der Waals surface area (Å²) in [6, 6.07) is -0.268. The van der Waals surface area contributed by atoms with E-state index in [2.05, 4.69) is 10.6 Å². The number of carbonyl (C=O) groups excluding carboxylic acids is 2. The van der Waals surface area contributed by atoms with E-state index in [1.54, 1.807) is 0 Å². The SMILES string of the molecule is O=C1CCC(C(=O)N2CCCNCC2)N1. The Morgan fingerprint density at radius 2 is 2.20 bits per heavy atom. The van der Waals surface area contributed by atoms with E-state index in [4.69, 9.17) is 0 Å². The fourth-order valence-electron chi connectivity index (χ4n) is 2.09. The first-order chi connectivity index (χ1) is 7.27. The van der Waals surface area contributed by atoms with Crippen LogP contribution in [0.4, 0.5) is 0 Å². The zero-order valence-electron chi connectivity index (χ0n) is 8.79. The van der Waals surface area contributed by atoms with Crippen molar-refractivity contribution in [1.82, 2.24) is 15.5 Å². The van der Waals surface area contributed by atoms with Crippen LogP contribution in [-0.4, -0.2) is 48.9 Å². The van der Waals surface area contributed by atoms with Crippen LogP contribution in [0.3, 0.4) is 0 Å². The van der Waals surface area contributed by atoms with E-state index in [1.165, 1.54) is 0 Å². The number of amides is 2. The van der Waals surface area contributed by atoms with Crippen molar-refractivity contribution >= 4 is 11.8 Å². The molecule has 5 heteroatoms. The fraction of sp³-hybridized carbons (Fsp3) is 0.800. The van der Waals surface area contributed by atoms with E-state index >= 15 is 0 Å². The van der Waals surface area contributed by atoms with Crippen molar-refractivity contribution in [3.05, 3.63) is 0 Å². The highest BCUT2D eigenvalue weighted by Crippen LogP contribution is 2.10. The summed E-state index contributed by atoms with van der Waals surface area (Å²) in [6.07, 6.45) is 2.14. The third-order valence-corrected chi connectivity index (χ3v) is 2.95. The zero-order valence-corrected chi connectivity index (χ0v) is 8.79. The van der Waals surface area contributed by atoms with E-state index in [-0.39, 0.29) is 17.9 Å². The molecule has 5 nitrogen and oxygen atoms in total. The second-order valence-corrected chi connectivity index (χ2v) is 4.09. The van der Waals surface area contributed by atoms with Crippen LogP contribution < -0.4 is 10.6 Å². The highest BCUT2D eigenvalue weighted by molar-refractivity contribution is 5.90. The molecule has 0 spiro atoms. The van der Waals surface area contributed by atoms with Crippen LogP contribution in [0.5, 0.6) is 0 Å². The first-order valence-electron chi connectivity index (χ1n) is 5.56. The zero-order chi connectivity index (χ0) is 10.7. The molecule has 2 fully saturated rings. The first kappa shape index (κ1) is 10.4. The highest BCUT2D eigenvalue weighted by atomic mass is 16.2. The molecule has 0 aromatic heterocycles. The molecule has 0 radical (unpaired) electrons. The largest absolute Gasteiger partial charge is 0.344 e. The van der Waals surface area contributed by atoms with E-state index in [1.807, 2.05) is 4.90 Å². The van der Waals surface area contributed by atoms with Crippen molar-refractivity contribution < 1.29 is 9.59 Å². The summed E-state index contributed by atoms with van der Waals surface area (Å²) in [7, 11) is 0. The van der Waals surface area contributed by atoms with Gasteiger partial charge in [0, 0.05) is 26.1 Å². The van der Waals surface area contributed by atoms with Crippen LogP contribution in [0.2, 0.25) is 0 Å². The minimum Gasteiger partial charge on any atom is -0.344 e. The molecule has 2 aliphatic heterocycles. The molecule has 1 unspecified atom stereocenters. The molecule has 0 aromatic carbocycles. The lowest BCUT2D eigenvalue weighted by Gasteiger charge is -2.23. The summed E-state index contributed by atoms with van der Waals surface area (Å²) in [5.41, 5.74) is 0. The lowest BCUT2D eigenvalue weighted by Crippen LogP contribution is -2.45. The number of carbonyl (C=O) groups is 2. The lowest BCUT2D eigenvalue weighted by atomic mass is 10.2. The van der Waals surface area contributed by atoms with Gasteiger partial charge in [0.1, 0.15) is 6.04 Å². The van der Waals surface area contributed by atoms with Gasteiger partial charge in [0.25, 0.3) is 0 Å². The van der Waals surface area contributed by atoms with Crippen molar-refractivity contribution in [3.8, 4) is 0 Å². The molecule has 0 saturated carbocycles. The van der Waals surface area contributed by atoms with E-state index in [0.717, 1.165) is 32.6 Å². The van der Waals surface area contributed by atoms with E-state index in [0.29, 0.717) is 12.8 Å². The van der Waals surface area contributed by atoms with E-state index in [9.17, 15) is 9.59 Å². The summed E-state index contributed by atoms with van der Waals surface area (Å²) in [6.45, 7) is 3.39. The molecule has 2 amide bonds. The summed E-state index contributed by atoms with van der Waals surface area (Å²) in [4.78, 5) is 24.9. The molecular formula is C10H17N3O2. The predicted octanol–water partition coefficient (Wildman–Crippen LogP) is -0.913. The van der Waals surface area contributed by atoms with Crippen LogP contribution in [0.15, 0.2) is 0 Å². The van der Waals surface area contributed by atoms with Crippen LogP contribution in [-0.2, 0) is 9.59 Å². The van der Waals surface area contributed by atoms with Gasteiger partial charge in [-0.1, -0.05) is 0 Å². The molecule has 0 aromatic rings. The van der Waals surface area contributed by atoms with E-state index < -0.39 is 0 Å². The maximum absolute atomic E-state index is 12.0. The standard InChI is InChI=1S/C10H17N3O2/c14-9-3-2-8(12-9)10(15)13-6-1-4-11-5-7-13/h8,11H,1-7H2,(H,12,14). The second kappa shape index (κ2) is 4.61. The van der Waals surface area contributed by atoms with Gasteiger partial charge in [-0.3, -0.25) is 9.59 Å². The molecule has 2 aliphatic rings. The van der Waals surface area contributed by atoms with Crippen LogP contribution in [0.1, 0.15) is 19.3 Å². The highest BCUT2D eigenvalue weighted by Gasteiger charge is 2.30. The minimum absolute atomic E-state index is 0.00120. The Morgan fingerprint density at radius 3 is 2.93 bits per heavy atom. The van der Waals surface area contributed by atoms with Gasteiger partial charge in [0.15, 0.2) is 0 Å². The van der Waals surface area contributed by atoms with Crippen molar-refractivity contribution in [3.63, 3.8) is 0 Å². The molecule has 0 aliphatic carbocycles. The molecule has 15 heavy (non-hydrogen) atoms. The Hall–Kier alpha value is -1.10. The van der Waals surface area contributed by atoms with Gasteiger partial charge in [-0.2, -0.15) is 0 Å². The Balaban J connectivity index is 1.91. The molecule has 2 saturated heterocycles. The van der Waals surface area contributed by atoms with Crippen LogP contribution >= 0.6 is 0 Å². The summed E-state index contributed by atoms with van der Waals surface area (Å²) >= 11 is 0. The second-order valence-electron chi connectivity index (χ2n) is 4.09. The average molecular weight is 211 g/mol. The van der Waals surface area contributed by atoms with Crippen LogP contribution in [0.25, 0.3) is 0 Å². The van der Waals surface area contributed by atoms with Crippen molar-refractivity contribution in [2.24, 2.45) is 0 Å². The summed E-state index contributed by atoms with van der Waals surface area (Å²) in [5, 5.41) is 5.97. The van der Waals surface area contributed by atoms with Gasteiger partial charge in [-0.15, -0.1) is 0 Å².